The van der Waals surface area contributed by atoms with Gasteiger partial charge in [-0.3, -0.25) is 9.59 Å². The second-order valence-electron chi connectivity index (χ2n) is 6.60. The molecule has 0 unspecified atom stereocenters. The minimum atomic E-state index is -0.947. The van der Waals surface area contributed by atoms with Crippen molar-refractivity contribution in [2.45, 2.75) is 44.7 Å². The van der Waals surface area contributed by atoms with Crippen LogP contribution in [0.1, 0.15) is 37.7 Å². The van der Waals surface area contributed by atoms with Crippen molar-refractivity contribution < 1.29 is 14.7 Å². The van der Waals surface area contributed by atoms with Gasteiger partial charge >= 0.3 is 5.97 Å². The molecule has 1 aromatic heterocycles. The summed E-state index contributed by atoms with van der Waals surface area (Å²) in [5.41, 5.74) is 1.46. The summed E-state index contributed by atoms with van der Waals surface area (Å²) in [5.74, 6) is -1.31. The van der Waals surface area contributed by atoms with E-state index in [-0.39, 0.29) is 24.1 Å². The number of hydrogen-bond acceptors (Lipinski definition) is 3. The van der Waals surface area contributed by atoms with Crippen LogP contribution >= 0.6 is 0 Å². The zero-order chi connectivity index (χ0) is 18.5. The van der Waals surface area contributed by atoms with Gasteiger partial charge in [-0.15, -0.1) is 0 Å². The van der Waals surface area contributed by atoms with E-state index >= 15 is 0 Å². The van der Waals surface area contributed by atoms with Crippen LogP contribution in [0, 0.1) is 11.3 Å². The lowest BCUT2D eigenvalue weighted by Gasteiger charge is -2.22. The monoisotopic (exact) mass is 351 g/mol. The van der Waals surface area contributed by atoms with Crippen molar-refractivity contribution in [2.24, 2.45) is 0 Å². The van der Waals surface area contributed by atoms with E-state index in [0.717, 1.165) is 36.6 Å². The van der Waals surface area contributed by atoms with Crippen LogP contribution in [0.4, 0.5) is 0 Å². The number of carbonyl (C=O) groups is 2. The largest absolute Gasteiger partial charge is 0.480 e. The highest BCUT2D eigenvalue weighted by Crippen LogP contribution is 2.24. The molecule has 1 aliphatic rings. The highest BCUT2D eigenvalue weighted by molar-refractivity contribution is 6.04. The second-order valence-corrected chi connectivity index (χ2v) is 6.60. The minimum absolute atomic E-state index is 0.0359. The predicted molar refractivity (Wildman–Crippen MR) is 98.2 cm³/mol. The number of carboxylic acid groups (broad SMARTS) is 1. The van der Waals surface area contributed by atoms with Gasteiger partial charge in [-0.05, 0) is 25.0 Å². The molecule has 1 aliphatic carbocycles. The number of amides is 1. The molecule has 6 nitrogen and oxygen atoms in total. The van der Waals surface area contributed by atoms with E-state index in [0.29, 0.717) is 5.56 Å². The summed E-state index contributed by atoms with van der Waals surface area (Å²) in [5, 5.41) is 22.3. The lowest BCUT2D eigenvalue weighted by molar-refractivity contribution is -0.137. The van der Waals surface area contributed by atoms with Gasteiger partial charge in [0.15, 0.2) is 0 Å². The van der Waals surface area contributed by atoms with E-state index in [1.807, 2.05) is 30.3 Å². The quantitative estimate of drug-likeness (QED) is 0.639. The Morgan fingerprint density at radius 1 is 1.27 bits per heavy atom. The molecule has 1 amide bonds. The lowest BCUT2D eigenvalue weighted by Crippen LogP contribution is -2.36. The molecule has 2 N–H and O–H groups in total. The smallest absolute Gasteiger partial charge is 0.323 e. The first-order chi connectivity index (χ1) is 12.6. The second kappa shape index (κ2) is 7.87. The summed E-state index contributed by atoms with van der Waals surface area (Å²) in [6, 6.07) is 9.46. The van der Waals surface area contributed by atoms with Crippen LogP contribution in [0.25, 0.3) is 17.0 Å². The molecule has 0 spiro atoms. The molecule has 2 aromatic rings. The maximum Gasteiger partial charge on any atom is 0.323 e. The first kappa shape index (κ1) is 17.7. The number of benzene rings is 1. The average molecular weight is 351 g/mol. The first-order valence-corrected chi connectivity index (χ1v) is 8.81. The molecule has 0 saturated heterocycles. The number of aliphatic carboxylic acids is 1. The Labute approximate surface area is 151 Å². The van der Waals surface area contributed by atoms with Gasteiger partial charge in [0.25, 0.3) is 5.91 Å². The minimum Gasteiger partial charge on any atom is -0.480 e. The molecular formula is C20H21N3O3. The van der Waals surface area contributed by atoms with Crippen LogP contribution in [0.5, 0.6) is 0 Å². The summed E-state index contributed by atoms with van der Waals surface area (Å²) in [6.45, 7) is -0.176. The molecule has 1 aromatic carbocycles. The molecule has 0 radical (unpaired) electrons. The molecule has 134 valence electrons. The highest BCUT2D eigenvalue weighted by atomic mass is 16.4. The normalized spacial score (nSPS) is 15.6. The molecule has 6 heteroatoms. The molecular weight excluding hydrogens is 330 g/mol. The molecule has 0 atom stereocenters. The number of carboxylic acids is 1. The first-order valence-electron chi connectivity index (χ1n) is 8.81. The number of para-hydroxylation sites is 1. The third kappa shape index (κ3) is 3.94. The van der Waals surface area contributed by atoms with E-state index in [9.17, 15) is 14.9 Å². The van der Waals surface area contributed by atoms with Gasteiger partial charge in [0.2, 0.25) is 0 Å². The van der Waals surface area contributed by atoms with Gasteiger partial charge in [0.05, 0.1) is 0 Å². The number of hydrogen-bond donors (Lipinski definition) is 2. The summed E-state index contributed by atoms with van der Waals surface area (Å²) < 4.78 is 1.61. The van der Waals surface area contributed by atoms with Crippen molar-refractivity contribution in [3.8, 4) is 6.07 Å². The highest BCUT2D eigenvalue weighted by Gasteiger charge is 2.19. The zero-order valence-electron chi connectivity index (χ0n) is 14.4. The number of carbonyl (C=O) groups excluding carboxylic acids is 1. The van der Waals surface area contributed by atoms with Gasteiger partial charge < -0.3 is 15.0 Å². The van der Waals surface area contributed by atoms with Crippen LogP contribution in [0.2, 0.25) is 0 Å². The van der Waals surface area contributed by atoms with Crippen molar-refractivity contribution in [2.75, 3.05) is 0 Å². The Balaban J connectivity index is 1.90. The fraction of sp³-hybridized carbons (Fsp3) is 0.350. The summed E-state index contributed by atoms with van der Waals surface area (Å²) in [6.07, 6.45) is 8.49. The molecule has 0 bridgehead atoms. The fourth-order valence-electron chi connectivity index (χ4n) is 3.48. The Kier molecular flexibility index (Phi) is 5.37. The standard InChI is InChI=1S/C20H21N3O3/c21-11-14(20(26)22-16-6-2-1-3-7-16)10-15-12-23(13-19(24)25)18-9-5-4-8-17(15)18/h4-5,8-10,12,16H,1-3,6-7,13H2,(H,22,26)(H,24,25). The Bertz CT molecular complexity index is 899. The third-order valence-electron chi connectivity index (χ3n) is 4.73. The molecule has 0 aliphatic heterocycles. The number of nitrogens with zero attached hydrogens (tertiary/aromatic N) is 2. The van der Waals surface area contributed by atoms with Crippen molar-refractivity contribution in [3.05, 3.63) is 41.6 Å². The van der Waals surface area contributed by atoms with Gasteiger partial charge in [-0.25, -0.2) is 0 Å². The third-order valence-corrected chi connectivity index (χ3v) is 4.73. The molecule has 1 heterocycles. The van der Waals surface area contributed by atoms with Gasteiger partial charge in [0, 0.05) is 28.7 Å². The fourth-order valence-corrected chi connectivity index (χ4v) is 3.48. The Morgan fingerprint density at radius 3 is 2.69 bits per heavy atom. The summed E-state index contributed by atoms with van der Waals surface area (Å²) >= 11 is 0. The zero-order valence-corrected chi connectivity index (χ0v) is 14.4. The predicted octanol–water partition coefficient (Wildman–Crippen LogP) is 3.08. The van der Waals surface area contributed by atoms with Crippen LogP contribution in [0.15, 0.2) is 36.0 Å². The van der Waals surface area contributed by atoms with Crippen LogP contribution in [-0.4, -0.2) is 27.6 Å². The lowest BCUT2D eigenvalue weighted by atomic mass is 9.95. The summed E-state index contributed by atoms with van der Waals surface area (Å²) in [7, 11) is 0. The maximum atomic E-state index is 12.5. The van der Waals surface area contributed by atoms with Crippen molar-refractivity contribution >= 4 is 28.9 Å². The van der Waals surface area contributed by atoms with Gasteiger partial charge in [-0.1, -0.05) is 37.5 Å². The van der Waals surface area contributed by atoms with Gasteiger partial charge in [0.1, 0.15) is 18.2 Å². The number of nitrogens with one attached hydrogen (secondary N) is 1. The molecule has 3 rings (SSSR count). The van der Waals surface area contributed by atoms with E-state index in [2.05, 4.69) is 5.32 Å². The SMILES string of the molecule is N#CC(=Cc1cn(CC(=O)O)c2ccccc12)C(=O)NC1CCCCC1. The number of aromatic nitrogens is 1. The number of nitriles is 1. The van der Waals surface area contributed by atoms with Crippen LogP contribution < -0.4 is 5.32 Å². The Morgan fingerprint density at radius 2 is 2.00 bits per heavy atom. The van der Waals surface area contributed by atoms with E-state index < -0.39 is 5.97 Å². The average Bonchev–Trinajstić information content (AvgIpc) is 2.97. The number of rotatable bonds is 5. The van der Waals surface area contributed by atoms with Crippen LogP contribution in [0.3, 0.4) is 0 Å². The van der Waals surface area contributed by atoms with Crippen molar-refractivity contribution in [1.82, 2.24) is 9.88 Å². The Hall–Kier alpha value is -3.07. The topological polar surface area (TPSA) is 95.1 Å². The molecule has 1 saturated carbocycles. The maximum absolute atomic E-state index is 12.5. The van der Waals surface area contributed by atoms with E-state index in [4.69, 9.17) is 5.11 Å². The van der Waals surface area contributed by atoms with Crippen molar-refractivity contribution in [3.63, 3.8) is 0 Å². The van der Waals surface area contributed by atoms with Crippen LogP contribution in [-0.2, 0) is 16.1 Å². The summed E-state index contributed by atoms with van der Waals surface area (Å²) in [4.78, 5) is 23.5. The van der Waals surface area contributed by atoms with E-state index in [1.54, 1.807) is 16.8 Å². The van der Waals surface area contributed by atoms with Gasteiger partial charge in [-0.2, -0.15) is 5.26 Å². The van der Waals surface area contributed by atoms with Crippen molar-refractivity contribution in [1.29, 1.82) is 5.26 Å². The van der Waals surface area contributed by atoms with E-state index in [1.165, 1.54) is 6.42 Å². The molecule has 1 fully saturated rings. The molecule has 26 heavy (non-hydrogen) atoms. The number of fused-ring (bicyclic) bond motifs is 1.